The van der Waals surface area contributed by atoms with Crippen molar-refractivity contribution in [1.29, 1.82) is 0 Å². The van der Waals surface area contributed by atoms with Gasteiger partial charge in [0.2, 0.25) is 0 Å². The Hall–Kier alpha value is -1.36. The third kappa shape index (κ3) is 4.56. The van der Waals surface area contributed by atoms with Crippen molar-refractivity contribution in [3.8, 4) is 0 Å². The van der Waals surface area contributed by atoms with Gasteiger partial charge in [-0.25, -0.2) is 0 Å². The minimum atomic E-state index is 0.665. The molecule has 0 aliphatic carbocycles. The first-order valence-electron chi connectivity index (χ1n) is 7.71. The predicted molar refractivity (Wildman–Crippen MR) is 86.6 cm³/mol. The minimum absolute atomic E-state index is 0.665. The van der Waals surface area contributed by atoms with E-state index in [4.69, 9.17) is 9.47 Å². The van der Waals surface area contributed by atoms with E-state index in [1.807, 2.05) is 0 Å². The number of benzene rings is 1. The van der Waals surface area contributed by atoms with E-state index in [-0.39, 0.29) is 0 Å². The largest absolute Gasteiger partial charge is 0.382 e. The van der Waals surface area contributed by atoms with Gasteiger partial charge < -0.3 is 19.4 Å². The van der Waals surface area contributed by atoms with Crippen molar-refractivity contribution < 1.29 is 9.47 Å². The maximum Gasteiger partial charge on any atom is 0.0700 e. The van der Waals surface area contributed by atoms with Crippen LogP contribution in [0.4, 0.5) is 0 Å². The molecular formula is C17H26N2O2. The average Bonchev–Trinajstić information content (AvgIpc) is 2.86. The molecule has 0 spiro atoms. The Morgan fingerprint density at radius 3 is 2.81 bits per heavy atom. The van der Waals surface area contributed by atoms with Crippen molar-refractivity contribution >= 4 is 10.9 Å². The van der Waals surface area contributed by atoms with E-state index in [1.165, 1.54) is 16.6 Å². The van der Waals surface area contributed by atoms with Gasteiger partial charge in [-0.15, -0.1) is 0 Å². The Balaban J connectivity index is 1.98. The number of aryl methyl sites for hydroxylation is 1. The molecule has 0 radical (unpaired) electrons. The number of ether oxygens (including phenoxy) is 2. The molecule has 1 N–H and O–H groups in total. The van der Waals surface area contributed by atoms with Crippen LogP contribution in [0.2, 0.25) is 0 Å². The molecule has 21 heavy (non-hydrogen) atoms. The van der Waals surface area contributed by atoms with Crippen LogP contribution in [0.15, 0.2) is 30.3 Å². The molecule has 0 saturated heterocycles. The third-order valence-electron chi connectivity index (χ3n) is 3.55. The zero-order chi connectivity index (χ0) is 14.9. The fourth-order valence-electron chi connectivity index (χ4n) is 2.50. The van der Waals surface area contributed by atoms with E-state index in [2.05, 4.69) is 47.1 Å². The van der Waals surface area contributed by atoms with Gasteiger partial charge in [-0.1, -0.05) is 25.1 Å². The number of methoxy groups -OCH3 is 1. The molecule has 0 fully saturated rings. The Morgan fingerprint density at radius 1 is 1.14 bits per heavy atom. The van der Waals surface area contributed by atoms with Crippen LogP contribution in [0, 0.1) is 0 Å². The van der Waals surface area contributed by atoms with E-state index in [0.717, 1.165) is 32.7 Å². The molecule has 4 heteroatoms. The van der Waals surface area contributed by atoms with Crippen LogP contribution < -0.4 is 5.32 Å². The van der Waals surface area contributed by atoms with Crippen LogP contribution in [0.3, 0.4) is 0 Å². The molecule has 1 aromatic carbocycles. The normalized spacial score (nSPS) is 11.3. The molecule has 0 bridgehead atoms. The van der Waals surface area contributed by atoms with Crippen LogP contribution in [0.1, 0.15) is 19.0 Å². The van der Waals surface area contributed by atoms with Crippen LogP contribution in [-0.2, 0) is 22.6 Å². The van der Waals surface area contributed by atoms with Crippen molar-refractivity contribution in [2.75, 3.05) is 33.5 Å². The first-order valence-corrected chi connectivity index (χ1v) is 7.71. The summed E-state index contributed by atoms with van der Waals surface area (Å²) in [5.41, 5.74) is 2.65. The maximum atomic E-state index is 5.55. The number of nitrogens with zero attached hydrogens (tertiary/aromatic N) is 1. The van der Waals surface area contributed by atoms with Gasteiger partial charge in [0.1, 0.15) is 0 Å². The monoisotopic (exact) mass is 290 g/mol. The third-order valence-corrected chi connectivity index (χ3v) is 3.55. The second kappa shape index (κ2) is 8.82. The number of aromatic nitrogens is 1. The molecule has 1 aromatic heterocycles. The van der Waals surface area contributed by atoms with Gasteiger partial charge in [0.25, 0.3) is 0 Å². The molecule has 2 rings (SSSR count). The number of nitrogens with one attached hydrogen (secondary N) is 1. The molecule has 116 valence electrons. The number of para-hydroxylation sites is 1. The molecule has 0 aliphatic rings. The van der Waals surface area contributed by atoms with Gasteiger partial charge >= 0.3 is 0 Å². The Bertz CT molecular complexity index is 537. The molecule has 0 unspecified atom stereocenters. The van der Waals surface area contributed by atoms with Crippen molar-refractivity contribution in [1.82, 2.24) is 9.88 Å². The van der Waals surface area contributed by atoms with Crippen LogP contribution in [0.5, 0.6) is 0 Å². The molecule has 0 aliphatic heterocycles. The second-order valence-electron chi connectivity index (χ2n) is 5.09. The summed E-state index contributed by atoms with van der Waals surface area (Å²) in [5, 5.41) is 4.73. The lowest BCUT2D eigenvalue weighted by Gasteiger charge is -2.11. The van der Waals surface area contributed by atoms with E-state index in [9.17, 15) is 0 Å². The molecular weight excluding hydrogens is 264 g/mol. The molecule has 0 atom stereocenters. The molecule has 0 saturated carbocycles. The van der Waals surface area contributed by atoms with Crippen molar-refractivity contribution in [3.63, 3.8) is 0 Å². The lowest BCUT2D eigenvalue weighted by molar-refractivity contribution is 0.0680. The topological polar surface area (TPSA) is 35.4 Å². The standard InChI is InChI=1S/C17H26N2O2/c1-3-18-14-16-13-15-7-4-5-8-17(15)19(16)9-6-10-21-12-11-20-2/h4-5,7-8,13,18H,3,6,9-12,14H2,1-2H3. The van der Waals surface area contributed by atoms with E-state index >= 15 is 0 Å². The Kier molecular flexibility index (Phi) is 6.73. The zero-order valence-electron chi connectivity index (χ0n) is 13.1. The highest BCUT2D eigenvalue weighted by atomic mass is 16.5. The second-order valence-corrected chi connectivity index (χ2v) is 5.09. The zero-order valence-corrected chi connectivity index (χ0v) is 13.1. The van der Waals surface area contributed by atoms with Gasteiger partial charge in [-0.05, 0) is 30.5 Å². The van der Waals surface area contributed by atoms with Gasteiger partial charge in [-0.3, -0.25) is 0 Å². The van der Waals surface area contributed by atoms with Gasteiger partial charge in [-0.2, -0.15) is 0 Å². The van der Waals surface area contributed by atoms with E-state index in [1.54, 1.807) is 7.11 Å². The number of hydrogen-bond acceptors (Lipinski definition) is 3. The summed E-state index contributed by atoms with van der Waals surface area (Å²) in [7, 11) is 1.70. The highest BCUT2D eigenvalue weighted by Gasteiger charge is 2.07. The van der Waals surface area contributed by atoms with E-state index < -0.39 is 0 Å². The summed E-state index contributed by atoms with van der Waals surface area (Å²) >= 11 is 0. The van der Waals surface area contributed by atoms with Gasteiger partial charge in [0.15, 0.2) is 0 Å². The molecule has 1 heterocycles. The van der Waals surface area contributed by atoms with Crippen molar-refractivity contribution in [3.05, 3.63) is 36.0 Å². The highest BCUT2D eigenvalue weighted by molar-refractivity contribution is 5.81. The summed E-state index contributed by atoms with van der Waals surface area (Å²) in [6.07, 6.45) is 1.02. The van der Waals surface area contributed by atoms with Gasteiger partial charge in [0.05, 0.1) is 13.2 Å². The number of hydrogen-bond donors (Lipinski definition) is 1. The molecule has 0 amide bonds. The number of rotatable bonds is 10. The Morgan fingerprint density at radius 2 is 2.00 bits per heavy atom. The first kappa shape index (κ1) is 16.0. The minimum Gasteiger partial charge on any atom is -0.382 e. The fraction of sp³-hybridized carbons (Fsp3) is 0.529. The molecule has 2 aromatic rings. The summed E-state index contributed by atoms with van der Waals surface area (Å²) < 4.78 is 12.9. The quantitative estimate of drug-likeness (QED) is 0.683. The van der Waals surface area contributed by atoms with Crippen LogP contribution in [-0.4, -0.2) is 38.0 Å². The van der Waals surface area contributed by atoms with Crippen LogP contribution >= 0.6 is 0 Å². The molecule has 4 nitrogen and oxygen atoms in total. The average molecular weight is 290 g/mol. The van der Waals surface area contributed by atoms with E-state index in [0.29, 0.717) is 13.2 Å². The maximum absolute atomic E-state index is 5.55. The SMILES string of the molecule is CCNCc1cc2ccccc2n1CCCOCCOC. The van der Waals surface area contributed by atoms with Crippen molar-refractivity contribution in [2.45, 2.75) is 26.4 Å². The summed E-state index contributed by atoms with van der Waals surface area (Å²) in [6.45, 7) is 7.14. The fourth-order valence-corrected chi connectivity index (χ4v) is 2.50. The van der Waals surface area contributed by atoms with Gasteiger partial charge in [0, 0.05) is 38.0 Å². The summed E-state index contributed by atoms with van der Waals surface area (Å²) in [5.74, 6) is 0. The van der Waals surface area contributed by atoms with Crippen LogP contribution in [0.25, 0.3) is 10.9 Å². The predicted octanol–water partition coefficient (Wildman–Crippen LogP) is 2.80. The highest BCUT2D eigenvalue weighted by Crippen LogP contribution is 2.20. The Labute approximate surface area is 127 Å². The first-order chi connectivity index (χ1) is 10.4. The summed E-state index contributed by atoms with van der Waals surface area (Å²) in [6, 6.07) is 10.8. The lowest BCUT2D eigenvalue weighted by Crippen LogP contribution is -2.16. The number of fused-ring (bicyclic) bond motifs is 1. The lowest BCUT2D eigenvalue weighted by atomic mass is 10.2. The summed E-state index contributed by atoms with van der Waals surface area (Å²) in [4.78, 5) is 0. The smallest absolute Gasteiger partial charge is 0.0700 e. The van der Waals surface area contributed by atoms with Crippen molar-refractivity contribution in [2.24, 2.45) is 0 Å².